The Kier molecular flexibility index (Phi) is 5.87. The Morgan fingerprint density at radius 2 is 1.74 bits per heavy atom. The van der Waals surface area contributed by atoms with E-state index in [1.807, 2.05) is 61.9 Å². The molecule has 0 bridgehead atoms. The highest BCUT2D eigenvalue weighted by Gasteiger charge is 2.13. The minimum absolute atomic E-state index is 0.199. The maximum absolute atomic E-state index is 11.4. The van der Waals surface area contributed by atoms with Crippen molar-refractivity contribution in [2.45, 2.75) is 19.8 Å². The maximum atomic E-state index is 11.4. The van der Waals surface area contributed by atoms with Crippen LogP contribution in [0.3, 0.4) is 0 Å². The predicted octanol–water partition coefficient (Wildman–Crippen LogP) is 5.77. The van der Waals surface area contributed by atoms with Crippen LogP contribution in [0.1, 0.15) is 17.7 Å². The van der Waals surface area contributed by atoms with Crippen LogP contribution in [0.2, 0.25) is 0 Å². The number of esters is 1. The molecule has 0 aliphatic heterocycles. The van der Waals surface area contributed by atoms with Crippen molar-refractivity contribution in [2.24, 2.45) is 0 Å². The molecule has 168 valence electrons. The summed E-state index contributed by atoms with van der Waals surface area (Å²) in [6, 6.07) is 20.4. The van der Waals surface area contributed by atoms with Gasteiger partial charge in [0.1, 0.15) is 5.65 Å². The number of hydrogen-bond donors (Lipinski definition) is 1. The number of rotatable bonds is 6. The smallest absolute Gasteiger partial charge is 0.305 e. The molecule has 1 aromatic carbocycles. The molecule has 1 N–H and O–H groups in total. The van der Waals surface area contributed by atoms with Gasteiger partial charge in [0.05, 0.1) is 18.5 Å². The molecule has 4 aromatic heterocycles. The largest absolute Gasteiger partial charge is 0.469 e. The number of fused-ring (bicyclic) bond motifs is 1. The van der Waals surface area contributed by atoms with Crippen LogP contribution >= 0.6 is 0 Å². The summed E-state index contributed by atoms with van der Waals surface area (Å²) >= 11 is 0. The number of carbonyl (C=O) groups is 1. The Bertz CT molecular complexity index is 1470. The van der Waals surface area contributed by atoms with Crippen LogP contribution in [0.25, 0.3) is 44.7 Å². The summed E-state index contributed by atoms with van der Waals surface area (Å²) in [7, 11) is 1.41. The monoisotopic (exact) mass is 448 g/mol. The van der Waals surface area contributed by atoms with Gasteiger partial charge in [0.2, 0.25) is 0 Å². The number of pyridine rings is 3. The van der Waals surface area contributed by atoms with Crippen LogP contribution in [0.4, 0.5) is 0 Å². The zero-order valence-corrected chi connectivity index (χ0v) is 19.1. The summed E-state index contributed by atoms with van der Waals surface area (Å²) in [5.41, 5.74) is 8.66. The molecule has 0 unspecified atom stereocenters. The van der Waals surface area contributed by atoms with E-state index in [0.717, 1.165) is 55.9 Å². The number of benzene rings is 1. The first-order valence-electron chi connectivity index (χ1n) is 11.1. The Balaban J connectivity index is 1.50. The molecular weight excluding hydrogens is 424 g/mol. The number of aryl methyl sites for hydroxylation is 2. The van der Waals surface area contributed by atoms with E-state index in [1.54, 1.807) is 0 Å². The van der Waals surface area contributed by atoms with Gasteiger partial charge in [-0.3, -0.25) is 14.8 Å². The Hall–Kier alpha value is -4.32. The molecule has 6 nitrogen and oxygen atoms in total. The molecule has 34 heavy (non-hydrogen) atoms. The van der Waals surface area contributed by atoms with Crippen molar-refractivity contribution in [3.8, 4) is 33.6 Å². The lowest BCUT2D eigenvalue weighted by molar-refractivity contribution is -0.140. The van der Waals surface area contributed by atoms with E-state index in [9.17, 15) is 4.79 Å². The fraction of sp³-hybridized carbons (Fsp3) is 0.143. The average molecular weight is 449 g/mol. The van der Waals surface area contributed by atoms with E-state index in [0.29, 0.717) is 12.8 Å². The standard InChI is InChI=1S/C28H24N4O2/c1-18-4-3-5-25(31-18)26-15-24(23-12-13-30-28(23)32-26)22-14-21(16-29-17-22)20-9-6-19(7-10-20)8-11-27(33)34-2/h3-7,9-10,12-17H,8,11H2,1-2H3,(H,30,32). The first-order chi connectivity index (χ1) is 16.6. The number of hydrogen-bond acceptors (Lipinski definition) is 5. The van der Waals surface area contributed by atoms with Crippen molar-refractivity contribution < 1.29 is 9.53 Å². The van der Waals surface area contributed by atoms with Crippen molar-refractivity contribution in [3.05, 3.63) is 90.5 Å². The Morgan fingerprint density at radius 3 is 2.53 bits per heavy atom. The molecule has 0 aliphatic carbocycles. The van der Waals surface area contributed by atoms with Gasteiger partial charge in [-0.2, -0.15) is 0 Å². The highest BCUT2D eigenvalue weighted by Crippen LogP contribution is 2.33. The van der Waals surface area contributed by atoms with Crippen LogP contribution in [0.5, 0.6) is 0 Å². The number of aromatic amines is 1. The van der Waals surface area contributed by atoms with E-state index >= 15 is 0 Å². The summed E-state index contributed by atoms with van der Waals surface area (Å²) < 4.78 is 4.73. The first-order valence-corrected chi connectivity index (χ1v) is 11.1. The topological polar surface area (TPSA) is 80.8 Å². The third-order valence-electron chi connectivity index (χ3n) is 5.86. The Labute approximate surface area is 197 Å². The van der Waals surface area contributed by atoms with Crippen molar-refractivity contribution in [2.75, 3.05) is 7.11 Å². The summed E-state index contributed by atoms with van der Waals surface area (Å²) in [6.45, 7) is 1.98. The lowest BCUT2D eigenvalue weighted by atomic mass is 9.98. The molecule has 4 heterocycles. The SMILES string of the molecule is COC(=O)CCc1ccc(-c2cncc(-c3cc(-c4cccc(C)n4)nc4[nH]ccc34)c2)cc1. The molecule has 0 saturated heterocycles. The second kappa shape index (κ2) is 9.27. The molecular formula is C28H24N4O2. The summed E-state index contributed by atoms with van der Waals surface area (Å²) in [5.74, 6) is -0.199. The van der Waals surface area contributed by atoms with Crippen LogP contribution in [0.15, 0.2) is 79.3 Å². The van der Waals surface area contributed by atoms with Crippen LogP contribution in [0, 0.1) is 6.92 Å². The van der Waals surface area contributed by atoms with E-state index in [-0.39, 0.29) is 5.97 Å². The van der Waals surface area contributed by atoms with Gasteiger partial charge in [-0.05, 0) is 60.4 Å². The van der Waals surface area contributed by atoms with Crippen LogP contribution in [-0.2, 0) is 16.0 Å². The van der Waals surface area contributed by atoms with E-state index < -0.39 is 0 Å². The minimum atomic E-state index is -0.199. The van der Waals surface area contributed by atoms with Gasteiger partial charge in [0, 0.05) is 47.2 Å². The van der Waals surface area contributed by atoms with E-state index in [4.69, 9.17) is 9.72 Å². The molecule has 0 spiro atoms. The fourth-order valence-corrected chi connectivity index (χ4v) is 4.05. The van der Waals surface area contributed by atoms with E-state index in [2.05, 4.69) is 39.2 Å². The number of nitrogens with zero attached hydrogens (tertiary/aromatic N) is 3. The van der Waals surface area contributed by atoms with Crippen molar-refractivity contribution in [1.82, 2.24) is 19.9 Å². The quantitative estimate of drug-likeness (QED) is 0.334. The van der Waals surface area contributed by atoms with Gasteiger partial charge in [-0.15, -0.1) is 0 Å². The molecule has 0 atom stereocenters. The maximum Gasteiger partial charge on any atom is 0.305 e. The normalized spacial score (nSPS) is 11.0. The molecule has 0 radical (unpaired) electrons. The highest BCUT2D eigenvalue weighted by atomic mass is 16.5. The van der Waals surface area contributed by atoms with Gasteiger partial charge in [-0.1, -0.05) is 30.3 Å². The third kappa shape index (κ3) is 4.43. The number of nitrogens with one attached hydrogen (secondary N) is 1. The summed E-state index contributed by atoms with van der Waals surface area (Å²) in [5, 5.41) is 1.04. The number of methoxy groups -OCH3 is 1. The molecule has 0 amide bonds. The van der Waals surface area contributed by atoms with Crippen LogP contribution < -0.4 is 0 Å². The number of carbonyl (C=O) groups excluding carboxylic acids is 1. The van der Waals surface area contributed by atoms with Crippen LogP contribution in [-0.4, -0.2) is 33.0 Å². The van der Waals surface area contributed by atoms with Gasteiger partial charge in [-0.25, -0.2) is 4.98 Å². The third-order valence-corrected chi connectivity index (χ3v) is 5.86. The van der Waals surface area contributed by atoms with Gasteiger partial charge >= 0.3 is 5.97 Å². The van der Waals surface area contributed by atoms with Gasteiger partial charge in [0.15, 0.2) is 0 Å². The number of aromatic nitrogens is 4. The predicted molar refractivity (Wildman–Crippen MR) is 133 cm³/mol. The minimum Gasteiger partial charge on any atom is -0.469 e. The second-order valence-corrected chi connectivity index (χ2v) is 8.19. The van der Waals surface area contributed by atoms with Crippen molar-refractivity contribution in [3.63, 3.8) is 0 Å². The lowest BCUT2D eigenvalue weighted by Gasteiger charge is -2.10. The molecule has 0 fully saturated rings. The lowest BCUT2D eigenvalue weighted by Crippen LogP contribution is -2.01. The summed E-state index contributed by atoms with van der Waals surface area (Å²) in [4.78, 5) is 28.6. The van der Waals surface area contributed by atoms with Gasteiger partial charge < -0.3 is 9.72 Å². The number of ether oxygens (including phenoxy) is 1. The Morgan fingerprint density at radius 1 is 0.912 bits per heavy atom. The van der Waals surface area contributed by atoms with Crippen molar-refractivity contribution in [1.29, 1.82) is 0 Å². The fourth-order valence-electron chi connectivity index (χ4n) is 4.05. The van der Waals surface area contributed by atoms with E-state index in [1.165, 1.54) is 7.11 Å². The molecule has 6 heteroatoms. The van der Waals surface area contributed by atoms with Crippen molar-refractivity contribution >= 4 is 17.0 Å². The second-order valence-electron chi connectivity index (χ2n) is 8.19. The summed E-state index contributed by atoms with van der Waals surface area (Å²) in [6.07, 6.45) is 6.68. The zero-order chi connectivity index (χ0) is 23.5. The molecule has 0 saturated carbocycles. The number of H-pyrrole nitrogens is 1. The first kappa shape index (κ1) is 21.5. The molecule has 0 aliphatic rings. The molecule has 5 rings (SSSR count). The zero-order valence-electron chi connectivity index (χ0n) is 19.1. The van der Waals surface area contributed by atoms with Gasteiger partial charge in [0.25, 0.3) is 0 Å². The molecule has 5 aromatic rings. The highest BCUT2D eigenvalue weighted by molar-refractivity contribution is 5.95. The average Bonchev–Trinajstić information content (AvgIpc) is 3.36.